The normalized spacial score (nSPS) is 11.4. The number of nitrogens with zero attached hydrogens (tertiary/aromatic N) is 1. The van der Waals surface area contributed by atoms with E-state index in [1.165, 1.54) is 0 Å². The molecule has 1 aromatic carbocycles. The van der Waals surface area contributed by atoms with E-state index in [1.54, 1.807) is 7.11 Å². The van der Waals surface area contributed by atoms with Crippen molar-refractivity contribution in [3.8, 4) is 0 Å². The van der Waals surface area contributed by atoms with Crippen molar-refractivity contribution in [3.63, 3.8) is 0 Å². The molecule has 1 aromatic rings. The zero-order valence-corrected chi connectivity index (χ0v) is 11.5. The second-order valence-corrected chi connectivity index (χ2v) is 4.26. The van der Waals surface area contributed by atoms with E-state index in [2.05, 4.69) is 31.7 Å². The van der Waals surface area contributed by atoms with Crippen LogP contribution in [0.1, 0.15) is 5.56 Å². The molecule has 0 spiro atoms. The van der Waals surface area contributed by atoms with Crippen LogP contribution in [0.2, 0.25) is 0 Å². The van der Waals surface area contributed by atoms with Crippen molar-refractivity contribution in [2.24, 2.45) is 10.8 Å². The van der Waals surface area contributed by atoms with Gasteiger partial charge in [0.25, 0.3) is 0 Å². The molecule has 6 heteroatoms. The fourth-order valence-corrected chi connectivity index (χ4v) is 1.61. The fourth-order valence-electron chi connectivity index (χ4n) is 1.24. The first kappa shape index (κ1) is 14.0. The standard InChI is InChI=1S/C11H17BrN4O/c1-8-9(12)4-3-5-10(8)15-11(16-13)14-6-7-17-2/h3-5H,6-7,13H2,1-2H3,(H2,14,15,16). The SMILES string of the molecule is COCCN=C(NN)Nc1cccc(Br)c1C. The summed E-state index contributed by atoms with van der Waals surface area (Å²) in [7, 11) is 1.64. The van der Waals surface area contributed by atoms with Gasteiger partial charge in [0.15, 0.2) is 0 Å². The molecular weight excluding hydrogens is 284 g/mol. The number of nitrogens with one attached hydrogen (secondary N) is 2. The number of halogens is 1. The van der Waals surface area contributed by atoms with Gasteiger partial charge in [-0.3, -0.25) is 5.43 Å². The molecule has 5 nitrogen and oxygen atoms in total. The summed E-state index contributed by atoms with van der Waals surface area (Å²) in [5, 5.41) is 3.13. The number of rotatable bonds is 4. The molecule has 0 aliphatic rings. The minimum atomic E-state index is 0.517. The lowest BCUT2D eigenvalue weighted by Crippen LogP contribution is -2.36. The average molecular weight is 301 g/mol. The number of hydrogen-bond donors (Lipinski definition) is 3. The zero-order valence-electron chi connectivity index (χ0n) is 9.96. The first-order chi connectivity index (χ1) is 8.19. The molecule has 0 saturated carbocycles. The van der Waals surface area contributed by atoms with Gasteiger partial charge < -0.3 is 10.1 Å². The molecular formula is C11H17BrN4O. The highest BCUT2D eigenvalue weighted by molar-refractivity contribution is 9.10. The van der Waals surface area contributed by atoms with Crippen molar-refractivity contribution in [3.05, 3.63) is 28.2 Å². The first-order valence-corrected chi connectivity index (χ1v) is 6.00. The van der Waals surface area contributed by atoms with Gasteiger partial charge >= 0.3 is 0 Å². The lowest BCUT2D eigenvalue weighted by Gasteiger charge is -2.12. The summed E-state index contributed by atoms with van der Waals surface area (Å²) < 4.78 is 5.96. The highest BCUT2D eigenvalue weighted by Gasteiger charge is 2.03. The smallest absolute Gasteiger partial charge is 0.210 e. The van der Waals surface area contributed by atoms with E-state index in [9.17, 15) is 0 Å². The average Bonchev–Trinajstić information content (AvgIpc) is 2.33. The minimum Gasteiger partial charge on any atom is -0.383 e. The molecule has 17 heavy (non-hydrogen) atoms. The summed E-state index contributed by atoms with van der Waals surface area (Å²) in [6.45, 7) is 3.12. The molecule has 0 aliphatic carbocycles. The molecule has 0 heterocycles. The van der Waals surface area contributed by atoms with Gasteiger partial charge in [-0.2, -0.15) is 0 Å². The van der Waals surface area contributed by atoms with Gasteiger partial charge in [0, 0.05) is 17.3 Å². The maximum absolute atomic E-state index is 5.40. The highest BCUT2D eigenvalue weighted by atomic mass is 79.9. The van der Waals surface area contributed by atoms with Crippen LogP contribution in [-0.4, -0.2) is 26.2 Å². The number of hydrogen-bond acceptors (Lipinski definition) is 3. The summed E-state index contributed by atoms with van der Waals surface area (Å²) in [6.07, 6.45) is 0. The van der Waals surface area contributed by atoms with E-state index >= 15 is 0 Å². The largest absolute Gasteiger partial charge is 0.383 e. The third kappa shape index (κ3) is 4.33. The third-order valence-corrected chi connectivity index (χ3v) is 3.08. The number of methoxy groups -OCH3 is 1. The highest BCUT2D eigenvalue weighted by Crippen LogP contribution is 2.23. The van der Waals surface area contributed by atoms with Crippen LogP contribution in [0.25, 0.3) is 0 Å². The Bertz CT molecular complexity index is 395. The quantitative estimate of drug-likeness (QED) is 0.260. The summed E-state index contributed by atoms with van der Waals surface area (Å²) >= 11 is 3.47. The maximum Gasteiger partial charge on any atom is 0.210 e. The Hall–Kier alpha value is -1.11. The van der Waals surface area contributed by atoms with Crippen LogP contribution in [0, 0.1) is 6.92 Å². The van der Waals surface area contributed by atoms with Crippen LogP contribution in [0.4, 0.5) is 5.69 Å². The Labute approximate surface area is 110 Å². The minimum absolute atomic E-state index is 0.517. The van der Waals surface area contributed by atoms with Crippen molar-refractivity contribution < 1.29 is 4.74 Å². The third-order valence-electron chi connectivity index (χ3n) is 2.22. The number of nitrogens with two attached hydrogens (primary N) is 1. The maximum atomic E-state index is 5.40. The second kappa shape index (κ2) is 7.26. The second-order valence-electron chi connectivity index (χ2n) is 3.40. The van der Waals surface area contributed by atoms with Crippen LogP contribution in [0.5, 0.6) is 0 Å². The Morgan fingerprint density at radius 1 is 1.53 bits per heavy atom. The van der Waals surface area contributed by atoms with Crippen LogP contribution >= 0.6 is 15.9 Å². The van der Waals surface area contributed by atoms with Crippen molar-refractivity contribution in [1.82, 2.24) is 5.43 Å². The van der Waals surface area contributed by atoms with Crippen LogP contribution in [-0.2, 0) is 4.74 Å². The zero-order chi connectivity index (χ0) is 12.7. The molecule has 0 bridgehead atoms. The summed E-state index contributed by atoms with van der Waals surface area (Å²) in [5.74, 6) is 5.91. The summed E-state index contributed by atoms with van der Waals surface area (Å²) in [6, 6.07) is 5.89. The molecule has 0 saturated heterocycles. The van der Waals surface area contributed by atoms with Crippen molar-refractivity contribution in [2.75, 3.05) is 25.6 Å². The summed E-state index contributed by atoms with van der Waals surface area (Å²) in [5.41, 5.74) is 4.58. The van der Waals surface area contributed by atoms with Gasteiger partial charge in [-0.1, -0.05) is 22.0 Å². The Kier molecular flexibility index (Phi) is 5.96. The molecule has 0 radical (unpaired) electrons. The van der Waals surface area contributed by atoms with Crippen LogP contribution in [0.15, 0.2) is 27.7 Å². The topological polar surface area (TPSA) is 71.7 Å². The number of hydrazine groups is 1. The molecule has 94 valence electrons. The molecule has 0 aromatic heterocycles. The number of benzene rings is 1. The Balaban J connectivity index is 2.73. The number of aliphatic imine (C=N–C) groups is 1. The summed E-state index contributed by atoms with van der Waals surface area (Å²) in [4.78, 5) is 4.23. The predicted molar refractivity (Wildman–Crippen MR) is 74.0 cm³/mol. The fraction of sp³-hybridized carbons (Fsp3) is 0.364. The van der Waals surface area contributed by atoms with E-state index in [-0.39, 0.29) is 0 Å². The molecule has 0 amide bonds. The van der Waals surface area contributed by atoms with Gasteiger partial charge in [0.05, 0.1) is 13.2 Å². The molecule has 0 aliphatic heterocycles. The van der Waals surface area contributed by atoms with E-state index in [0.717, 1.165) is 15.7 Å². The van der Waals surface area contributed by atoms with Gasteiger partial charge in [-0.25, -0.2) is 10.8 Å². The van der Waals surface area contributed by atoms with E-state index in [0.29, 0.717) is 19.1 Å². The van der Waals surface area contributed by atoms with Gasteiger partial charge in [-0.05, 0) is 24.6 Å². The van der Waals surface area contributed by atoms with Gasteiger partial charge in [-0.15, -0.1) is 0 Å². The van der Waals surface area contributed by atoms with E-state index in [4.69, 9.17) is 10.6 Å². The van der Waals surface area contributed by atoms with Gasteiger partial charge in [0.1, 0.15) is 0 Å². The number of ether oxygens (including phenoxy) is 1. The first-order valence-electron chi connectivity index (χ1n) is 5.21. The van der Waals surface area contributed by atoms with Crippen LogP contribution in [0.3, 0.4) is 0 Å². The van der Waals surface area contributed by atoms with Gasteiger partial charge in [0.2, 0.25) is 5.96 Å². The monoisotopic (exact) mass is 300 g/mol. The molecule has 0 atom stereocenters. The molecule has 1 rings (SSSR count). The van der Waals surface area contributed by atoms with Crippen molar-refractivity contribution >= 4 is 27.6 Å². The lowest BCUT2D eigenvalue weighted by atomic mass is 10.2. The molecule has 4 N–H and O–H groups in total. The molecule has 0 unspecified atom stereocenters. The molecule has 0 fully saturated rings. The van der Waals surface area contributed by atoms with E-state index in [1.807, 2.05) is 25.1 Å². The number of guanidine groups is 1. The van der Waals surface area contributed by atoms with Crippen molar-refractivity contribution in [2.45, 2.75) is 6.92 Å². The van der Waals surface area contributed by atoms with E-state index < -0.39 is 0 Å². The van der Waals surface area contributed by atoms with Crippen molar-refractivity contribution in [1.29, 1.82) is 0 Å². The Morgan fingerprint density at radius 2 is 2.29 bits per heavy atom. The predicted octanol–water partition coefficient (Wildman–Crippen LogP) is 1.64. The Morgan fingerprint density at radius 3 is 2.94 bits per heavy atom. The lowest BCUT2D eigenvalue weighted by molar-refractivity contribution is 0.208. The number of anilines is 1. The van der Waals surface area contributed by atoms with Crippen LogP contribution < -0.4 is 16.6 Å².